The van der Waals surface area contributed by atoms with Gasteiger partial charge in [-0.15, -0.1) is 0 Å². The third-order valence-corrected chi connectivity index (χ3v) is 3.62. The Balaban J connectivity index is 2.22. The Kier molecular flexibility index (Phi) is 3.75. The molecule has 3 heteroatoms. The van der Waals surface area contributed by atoms with Crippen molar-refractivity contribution >= 4 is 22.6 Å². The fourth-order valence-electron chi connectivity index (χ4n) is 2.41. The first-order valence-corrected chi connectivity index (χ1v) is 7.31. The normalized spacial score (nSPS) is 11.1. The molecule has 1 heterocycles. The van der Waals surface area contributed by atoms with Gasteiger partial charge in [0.05, 0.1) is 11.0 Å². The first-order chi connectivity index (χ1) is 9.79. The van der Waals surface area contributed by atoms with Crippen LogP contribution >= 0.6 is 11.6 Å². The Hall–Kier alpha value is -1.80. The molecule has 2 nitrogen and oxygen atoms in total. The number of halogens is 1. The monoisotopic (exact) mass is 283 g/mol. The van der Waals surface area contributed by atoms with Crippen LogP contribution in [0.2, 0.25) is 5.02 Å². The number of nitrogens with zero attached hydrogens (tertiary/aromatic N) is 2. The van der Waals surface area contributed by atoms with E-state index in [1.807, 2.05) is 36.4 Å². The largest absolute Gasteiger partial charge is 0.296 e. The summed E-state index contributed by atoms with van der Waals surface area (Å²) in [6.07, 6.45) is 3.26. The van der Waals surface area contributed by atoms with E-state index < -0.39 is 0 Å². The summed E-state index contributed by atoms with van der Waals surface area (Å²) >= 11 is 6.14. The molecule has 0 unspecified atom stereocenters. The number of unbranched alkanes of at least 4 members (excludes halogenated alkanes) is 1. The van der Waals surface area contributed by atoms with Crippen LogP contribution in [0.15, 0.2) is 42.5 Å². The van der Waals surface area contributed by atoms with Crippen LogP contribution in [-0.2, 0) is 6.42 Å². The summed E-state index contributed by atoms with van der Waals surface area (Å²) in [4.78, 5) is 4.76. The summed E-state index contributed by atoms with van der Waals surface area (Å²) in [5, 5.41) is 0.737. The second-order valence-electron chi connectivity index (χ2n) is 4.86. The van der Waals surface area contributed by atoms with Crippen molar-refractivity contribution < 1.29 is 0 Å². The number of benzene rings is 2. The average molecular weight is 284 g/mol. The second kappa shape index (κ2) is 5.68. The molecule has 3 aromatic rings. The number of aromatic nitrogens is 2. The number of hydrogen-bond acceptors (Lipinski definition) is 1. The fourth-order valence-corrected chi connectivity index (χ4v) is 2.58. The lowest BCUT2D eigenvalue weighted by Crippen LogP contribution is -2.01. The third kappa shape index (κ3) is 2.44. The van der Waals surface area contributed by atoms with E-state index in [-0.39, 0.29) is 0 Å². The van der Waals surface area contributed by atoms with Crippen molar-refractivity contribution in [1.82, 2.24) is 9.55 Å². The van der Waals surface area contributed by atoms with E-state index in [4.69, 9.17) is 16.6 Å². The number of fused-ring (bicyclic) bond motifs is 1. The second-order valence-corrected chi connectivity index (χ2v) is 5.30. The number of rotatable bonds is 4. The molecule has 0 saturated heterocycles. The highest BCUT2D eigenvalue weighted by molar-refractivity contribution is 6.31. The van der Waals surface area contributed by atoms with E-state index in [9.17, 15) is 0 Å². The molecule has 0 fully saturated rings. The maximum absolute atomic E-state index is 6.14. The van der Waals surface area contributed by atoms with Gasteiger partial charge in [-0.05, 0) is 42.8 Å². The summed E-state index contributed by atoms with van der Waals surface area (Å²) < 4.78 is 2.19. The van der Waals surface area contributed by atoms with Crippen LogP contribution in [0.4, 0.5) is 0 Å². The molecule has 0 bridgehead atoms. The summed E-state index contributed by atoms with van der Waals surface area (Å²) in [7, 11) is 0. The molecule has 0 N–H and O–H groups in total. The van der Waals surface area contributed by atoms with Crippen molar-refractivity contribution in [2.45, 2.75) is 26.2 Å². The van der Waals surface area contributed by atoms with Gasteiger partial charge in [-0.25, -0.2) is 4.98 Å². The molecule has 0 aliphatic rings. The van der Waals surface area contributed by atoms with E-state index in [2.05, 4.69) is 23.6 Å². The summed E-state index contributed by atoms with van der Waals surface area (Å²) in [5.41, 5.74) is 3.14. The highest BCUT2D eigenvalue weighted by atomic mass is 35.5. The Morgan fingerprint density at radius 2 is 2.20 bits per heavy atom. The maximum Gasteiger partial charge on any atom is 0.114 e. The zero-order valence-corrected chi connectivity index (χ0v) is 12.2. The highest BCUT2D eigenvalue weighted by Crippen LogP contribution is 2.25. The molecule has 2 aromatic carbocycles. The van der Waals surface area contributed by atoms with Crippen molar-refractivity contribution in [2.24, 2.45) is 0 Å². The number of aryl methyl sites for hydroxylation is 1. The van der Waals surface area contributed by atoms with Crippen LogP contribution in [0.5, 0.6) is 0 Å². The molecule has 0 saturated carbocycles. The van der Waals surface area contributed by atoms with Gasteiger partial charge in [0.1, 0.15) is 5.82 Å². The number of hydrogen-bond donors (Lipinski definition) is 0. The van der Waals surface area contributed by atoms with Crippen LogP contribution in [0.3, 0.4) is 0 Å². The molecular formula is C17H16ClN2. The summed E-state index contributed by atoms with van der Waals surface area (Å²) in [5.74, 6) is 1.09. The van der Waals surface area contributed by atoms with E-state index in [0.717, 1.165) is 46.8 Å². The van der Waals surface area contributed by atoms with E-state index in [0.29, 0.717) is 0 Å². The molecule has 101 valence electrons. The molecule has 0 amide bonds. The van der Waals surface area contributed by atoms with E-state index >= 15 is 0 Å². The van der Waals surface area contributed by atoms with Gasteiger partial charge in [-0.1, -0.05) is 37.1 Å². The number of imidazole rings is 1. The molecule has 20 heavy (non-hydrogen) atoms. The molecule has 0 spiro atoms. The lowest BCUT2D eigenvalue weighted by molar-refractivity contribution is 0.744. The summed E-state index contributed by atoms with van der Waals surface area (Å²) in [6, 6.07) is 16.9. The molecule has 1 radical (unpaired) electrons. The van der Waals surface area contributed by atoms with Crippen LogP contribution in [0, 0.1) is 6.07 Å². The van der Waals surface area contributed by atoms with Gasteiger partial charge in [-0.3, -0.25) is 4.57 Å². The minimum absolute atomic E-state index is 0.737. The Bertz CT molecular complexity index is 716. The quantitative estimate of drug-likeness (QED) is 0.671. The Morgan fingerprint density at radius 1 is 1.30 bits per heavy atom. The van der Waals surface area contributed by atoms with Crippen LogP contribution < -0.4 is 0 Å². The van der Waals surface area contributed by atoms with E-state index in [1.54, 1.807) is 0 Å². The lowest BCUT2D eigenvalue weighted by Gasteiger charge is -2.08. The first kappa shape index (κ1) is 13.2. The zero-order chi connectivity index (χ0) is 13.9. The van der Waals surface area contributed by atoms with Gasteiger partial charge < -0.3 is 0 Å². The first-order valence-electron chi connectivity index (χ1n) is 6.93. The average Bonchev–Trinajstić information content (AvgIpc) is 2.83. The smallest absolute Gasteiger partial charge is 0.114 e. The zero-order valence-electron chi connectivity index (χ0n) is 11.4. The molecule has 1 aromatic heterocycles. The van der Waals surface area contributed by atoms with Crippen LogP contribution in [0.1, 0.15) is 25.6 Å². The van der Waals surface area contributed by atoms with Crippen molar-refractivity contribution in [1.29, 1.82) is 0 Å². The third-order valence-electron chi connectivity index (χ3n) is 3.39. The fraction of sp³-hybridized carbons (Fsp3) is 0.235. The van der Waals surface area contributed by atoms with Crippen molar-refractivity contribution in [3.8, 4) is 5.69 Å². The lowest BCUT2D eigenvalue weighted by atomic mass is 10.2. The Labute approximate surface area is 124 Å². The van der Waals surface area contributed by atoms with Crippen LogP contribution in [-0.4, -0.2) is 9.55 Å². The van der Waals surface area contributed by atoms with Crippen LogP contribution in [0.25, 0.3) is 16.7 Å². The van der Waals surface area contributed by atoms with Gasteiger partial charge in [0.2, 0.25) is 0 Å². The molecular weight excluding hydrogens is 268 g/mol. The molecule has 3 rings (SSSR count). The van der Waals surface area contributed by atoms with Gasteiger partial charge in [-0.2, -0.15) is 0 Å². The topological polar surface area (TPSA) is 17.8 Å². The minimum atomic E-state index is 0.737. The summed E-state index contributed by atoms with van der Waals surface area (Å²) in [6.45, 7) is 2.19. The molecule has 0 atom stereocenters. The van der Waals surface area contributed by atoms with E-state index in [1.165, 1.54) is 0 Å². The molecule has 0 aliphatic carbocycles. The van der Waals surface area contributed by atoms with Crippen molar-refractivity contribution in [2.75, 3.05) is 0 Å². The molecule has 0 aliphatic heterocycles. The van der Waals surface area contributed by atoms with Gasteiger partial charge in [0, 0.05) is 17.1 Å². The standard InChI is InChI=1S/C17H16ClN2/c1-2-3-9-17-19-15-11-10-13(18)12-16(15)20(17)14-7-5-4-6-8-14/h4-5,7-8,10-12H,2-3,9H2,1H3. The predicted octanol–water partition coefficient (Wildman–Crippen LogP) is 4.82. The van der Waals surface area contributed by atoms with Crippen molar-refractivity contribution in [3.63, 3.8) is 0 Å². The van der Waals surface area contributed by atoms with Gasteiger partial charge in [0.15, 0.2) is 0 Å². The van der Waals surface area contributed by atoms with Gasteiger partial charge >= 0.3 is 0 Å². The predicted molar refractivity (Wildman–Crippen MR) is 83.5 cm³/mol. The SMILES string of the molecule is CCCCc1nc2ccc(Cl)cc2n1-c1c[c]ccc1. The van der Waals surface area contributed by atoms with Crippen molar-refractivity contribution in [3.05, 3.63) is 59.4 Å². The Morgan fingerprint density at radius 3 is 2.95 bits per heavy atom. The highest BCUT2D eigenvalue weighted by Gasteiger charge is 2.12. The minimum Gasteiger partial charge on any atom is -0.296 e. The maximum atomic E-state index is 6.14. The van der Waals surface area contributed by atoms with Gasteiger partial charge in [0.25, 0.3) is 0 Å².